The van der Waals surface area contributed by atoms with Crippen molar-refractivity contribution in [2.45, 2.75) is 6.42 Å². The predicted molar refractivity (Wildman–Crippen MR) is 144 cm³/mol. The molecule has 4 heteroatoms. The van der Waals surface area contributed by atoms with Crippen LogP contribution >= 0.6 is 0 Å². The maximum Gasteiger partial charge on any atom is 0.136 e. The van der Waals surface area contributed by atoms with Crippen LogP contribution in [0.15, 0.2) is 126 Å². The summed E-state index contributed by atoms with van der Waals surface area (Å²) in [6.45, 7) is 4.03. The monoisotopic (exact) mass is 440 g/mol. The molecule has 3 aromatic carbocycles. The maximum atomic E-state index is 4.73. The quantitative estimate of drug-likeness (QED) is 0.208. The molecule has 0 spiro atoms. The van der Waals surface area contributed by atoms with Crippen molar-refractivity contribution in [2.24, 2.45) is 15.9 Å². The van der Waals surface area contributed by atoms with E-state index in [1.54, 1.807) is 6.08 Å². The van der Waals surface area contributed by atoms with E-state index >= 15 is 0 Å². The van der Waals surface area contributed by atoms with Crippen molar-refractivity contribution in [1.29, 1.82) is 0 Å². The van der Waals surface area contributed by atoms with Crippen molar-refractivity contribution < 1.29 is 0 Å². The first kappa shape index (κ1) is 20.2. The number of hydrogen-bond acceptors (Lipinski definition) is 2. The Morgan fingerprint density at radius 1 is 0.912 bits per heavy atom. The Bertz CT molecular complexity index is 1640. The Kier molecular flexibility index (Phi) is 5.04. The number of benzene rings is 3. The van der Waals surface area contributed by atoms with Crippen LogP contribution in [0.3, 0.4) is 0 Å². The molecule has 164 valence electrons. The van der Waals surface area contributed by atoms with Crippen molar-refractivity contribution in [1.82, 2.24) is 9.13 Å². The van der Waals surface area contributed by atoms with E-state index in [0.717, 1.165) is 23.5 Å². The number of allylic oxidation sites excluding steroid dienone is 3. The summed E-state index contributed by atoms with van der Waals surface area (Å²) in [6, 6.07) is 25.7. The van der Waals surface area contributed by atoms with Crippen LogP contribution in [0.1, 0.15) is 6.42 Å². The summed E-state index contributed by atoms with van der Waals surface area (Å²) in [6.07, 6.45) is 14.6. The van der Waals surface area contributed by atoms with Crippen LogP contribution < -0.4 is 0 Å². The summed E-state index contributed by atoms with van der Waals surface area (Å²) in [7, 11) is 0. The molecule has 34 heavy (non-hydrogen) atoms. The molecule has 0 aliphatic carbocycles. The van der Waals surface area contributed by atoms with Crippen LogP contribution in [-0.2, 0) is 0 Å². The standard InChI is InChI=1S/C30H24N4/c1-2-29(32-20-16-22-14-18-31-19-15-22)33-21-17-26-27(33)13-12-25-24-10-6-7-11-28(24)34(30(25)26)23-8-4-3-5-9-23/h2-14,16-22H,1,15H2/b20-16+,32-29?. The molecule has 0 saturated heterocycles. The highest BCUT2D eigenvalue weighted by Crippen LogP contribution is 2.36. The SMILES string of the molecule is C=CC(=N/C=C/C1C=CN=CC1)n1ccc2c1ccc1c3ccccc3n(-c3ccccc3)c12. The molecule has 2 aromatic heterocycles. The van der Waals surface area contributed by atoms with E-state index in [1.807, 2.05) is 18.6 Å². The number of hydrogen-bond donors (Lipinski definition) is 0. The maximum absolute atomic E-state index is 4.73. The normalized spacial score (nSPS) is 16.4. The van der Waals surface area contributed by atoms with Crippen molar-refractivity contribution >= 4 is 44.8 Å². The second-order valence-corrected chi connectivity index (χ2v) is 8.37. The zero-order valence-electron chi connectivity index (χ0n) is 18.8. The van der Waals surface area contributed by atoms with E-state index in [9.17, 15) is 0 Å². The molecule has 1 aliphatic heterocycles. The summed E-state index contributed by atoms with van der Waals surface area (Å²) >= 11 is 0. The van der Waals surface area contributed by atoms with Gasteiger partial charge in [-0.25, -0.2) is 4.99 Å². The van der Waals surface area contributed by atoms with E-state index in [2.05, 4.69) is 112 Å². The summed E-state index contributed by atoms with van der Waals surface area (Å²) < 4.78 is 4.47. The number of nitrogens with zero attached hydrogens (tertiary/aromatic N) is 4. The minimum atomic E-state index is 0.329. The highest BCUT2D eigenvalue weighted by Gasteiger charge is 2.16. The van der Waals surface area contributed by atoms with Crippen LogP contribution in [0.2, 0.25) is 0 Å². The molecule has 3 heterocycles. The molecule has 0 saturated carbocycles. The summed E-state index contributed by atoms with van der Waals surface area (Å²) in [5.74, 6) is 1.12. The molecule has 1 aliphatic rings. The zero-order chi connectivity index (χ0) is 22.9. The Morgan fingerprint density at radius 2 is 1.76 bits per heavy atom. The van der Waals surface area contributed by atoms with Crippen LogP contribution in [-0.4, -0.2) is 21.2 Å². The molecule has 0 amide bonds. The lowest BCUT2D eigenvalue weighted by molar-refractivity contribution is 0.853. The van der Waals surface area contributed by atoms with E-state index in [0.29, 0.717) is 5.92 Å². The molecule has 5 aromatic rings. The molecule has 6 rings (SSSR count). The van der Waals surface area contributed by atoms with Crippen molar-refractivity contribution in [3.8, 4) is 5.69 Å². The van der Waals surface area contributed by atoms with Gasteiger partial charge in [-0.05, 0) is 42.8 Å². The van der Waals surface area contributed by atoms with Gasteiger partial charge in [0, 0.05) is 52.6 Å². The lowest BCUT2D eigenvalue weighted by atomic mass is 10.1. The molecule has 0 fully saturated rings. The summed E-state index contributed by atoms with van der Waals surface area (Å²) in [5.41, 5.74) is 4.66. The minimum Gasteiger partial charge on any atom is -0.309 e. The minimum absolute atomic E-state index is 0.329. The molecule has 0 bridgehead atoms. The average Bonchev–Trinajstić information content (AvgIpc) is 3.47. The zero-order valence-corrected chi connectivity index (χ0v) is 18.8. The first-order chi connectivity index (χ1) is 16.8. The summed E-state index contributed by atoms with van der Waals surface area (Å²) in [4.78, 5) is 8.86. The van der Waals surface area contributed by atoms with Gasteiger partial charge in [0.2, 0.25) is 0 Å². The van der Waals surface area contributed by atoms with Crippen LogP contribution in [0, 0.1) is 5.92 Å². The molecule has 1 atom stereocenters. The third-order valence-corrected chi connectivity index (χ3v) is 6.39. The van der Waals surface area contributed by atoms with Crippen molar-refractivity contribution in [3.63, 3.8) is 0 Å². The van der Waals surface area contributed by atoms with Crippen molar-refractivity contribution in [2.75, 3.05) is 0 Å². The topological polar surface area (TPSA) is 34.6 Å². The lowest BCUT2D eigenvalue weighted by Crippen LogP contribution is -2.06. The van der Waals surface area contributed by atoms with Gasteiger partial charge < -0.3 is 9.13 Å². The second-order valence-electron chi connectivity index (χ2n) is 8.37. The van der Waals surface area contributed by atoms with E-state index < -0.39 is 0 Å². The first-order valence-electron chi connectivity index (χ1n) is 11.5. The largest absolute Gasteiger partial charge is 0.309 e. The Hall–Kier alpha value is -4.44. The van der Waals surface area contributed by atoms with E-state index in [1.165, 1.54) is 27.2 Å². The Balaban J connectivity index is 1.54. The number of aromatic nitrogens is 2. The van der Waals surface area contributed by atoms with Crippen LogP contribution in [0.5, 0.6) is 0 Å². The molecule has 4 nitrogen and oxygen atoms in total. The van der Waals surface area contributed by atoms with Gasteiger partial charge in [-0.15, -0.1) is 0 Å². The van der Waals surface area contributed by atoms with Gasteiger partial charge >= 0.3 is 0 Å². The van der Waals surface area contributed by atoms with E-state index in [-0.39, 0.29) is 0 Å². The predicted octanol–water partition coefficient (Wildman–Crippen LogP) is 7.29. The van der Waals surface area contributed by atoms with Gasteiger partial charge in [-0.2, -0.15) is 0 Å². The van der Waals surface area contributed by atoms with Gasteiger partial charge in [0.05, 0.1) is 16.6 Å². The highest BCUT2D eigenvalue weighted by atomic mass is 15.1. The number of fused-ring (bicyclic) bond motifs is 5. The first-order valence-corrected chi connectivity index (χ1v) is 11.5. The number of aliphatic imine (C=N–C) groups is 2. The highest BCUT2D eigenvalue weighted by molar-refractivity contribution is 6.19. The Morgan fingerprint density at radius 3 is 2.59 bits per heavy atom. The van der Waals surface area contributed by atoms with Gasteiger partial charge in [0.1, 0.15) is 5.84 Å². The lowest BCUT2D eigenvalue weighted by Gasteiger charge is -2.09. The van der Waals surface area contributed by atoms with E-state index in [4.69, 9.17) is 4.99 Å². The smallest absolute Gasteiger partial charge is 0.136 e. The molecular formula is C30H24N4. The molecular weight excluding hydrogens is 416 g/mol. The number of para-hydroxylation sites is 2. The van der Waals surface area contributed by atoms with Gasteiger partial charge in [0.15, 0.2) is 0 Å². The van der Waals surface area contributed by atoms with Crippen molar-refractivity contribution in [3.05, 3.63) is 116 Å². The van der Waals surface area contributed by atoms with Gasteiger partial charge in [-0.1, -0.05) is 61.2 Å². The Labute approximate surface area is 198 Å². The van der Waals surface area contributed by atoms with Crippen LogP contribution in [0.25, 0.3) is 38.4 Å². The summed E-state index contributed by atoms with van der Waals surface area (Å²) in [5, 5.41) is 3.68. The molecule has 0 radical (unpaired) electrons. The fraction of sp³-hybridized carbons (Fsp3) is 0.0667. The fourth-order valence-corrected chi connectivity index (χ4v) is 4.79. The number of rotatable bonds is 4. The third-order valence-electron chi connectivity index (χ3n) is 6.39. The third kappa shape index (κ3) is 3.32. The molecule has 1 unspecified atom stereocenters. The average molecular weight is 441 g/mol. The molecule has 0 N–H and O–H groups in total. The second kappa shape index (κ2) is 8.49. The fourth-order valence-electron chi connectivity index (χ4n) is 4.79. The van der Waals surface area contributed by atoms with Crippen LogP contribution in [0.4, 0.5) is 0 Å². The van der Waals surface area contributed by atoms with Gasteiger partial charge in [-0.3, -0.25) is 4.99 Å². The van der Waals surface area contributed by atoms with Gasteiger partial charge in [0.25, 0.3) is 0 Å².